The molecule has 1 rings (SSSR count). The Hall–Kier alpha value is -1.05. The monoisotopic (exact) mass is 245 g/mol. The van der Waals surface area contributed by atoms with Gasteiger partial charge in [0.15, 0.2) is 10.8 Å². The molecular weight excluding hydrogens is 241 g/mol. The van der Waals surface area contributed by atoms with E-state index in [4.69, 9.17) is 0 Å². The summed E-state index contributed by atoms with van der Waals surface area (Å²) in [6, 6.07) is 0. The number of hydrogen-bond donors (Lipinski definition) is 0. The highest BCUT2D eigenvalue weighted by molar-refractivity contribution is 7.11. The van der Waals surface area contributed by atoms with Crippen molar-refractivity contribution in [3.63, 3.8) is 0 Å². The Morgan fingerprint density at radius 1 is 1.33 bits per heavy atom. The van der Waals surface area contributed by atoms with Crippen LogP contribution in [0.3, 0.4) is 0 Å². The van der Waals surface area contributed by atoms with E-state index in [1.54, 1.807) is 0 Å². The first kappa shape index (κ1) is 12.0. The van der Waals surface area contributed by atoms with Gasteiger partial charge in [-0.25, -0.2) is 4.98 Å². The van der Waals surface area contributed by atoms with E-state index >= 15 is 0 Å². The van der Waals surface area contributed by atoms with Crippen molar-refractivity contribution in [1.29, 1.82) is 0 Å². The Kier molecular flexibility index (Phi) is 2.81. The molecule has 0 saturated heterocycles. The quantitative estimate of drug-likeness (QED) is 0.592. The second-order valence-electron chi connectivity index (χ2n) is 2.67. The highest BCUT2D eigenvalue weighted by Crippen LogP contribution is 2.43. The number of carbonyl (C=O) groups is 1. The summed E-state index contributed by atoms with van der Waals surface area (Å²) in [5.41, 5.74) is -1.44. The maximum Gasteiger partial charge on any atom is 0.459 e. The first-order valence-corrected chi connectivity index (χ1v) is 4.45. The van der Waals surface area contributed by atoms with Gasteiger partial charge in [0.2, 0.25) is 0 Å². The molecule has 0 aliphatic rings. The molecule has 0 radical (unpaired) electrons. The van der Waals surface area contributed by atoms with Crippen LogP contribution >= 0.6 is 11.3 Å². The van der Waals surface area contributed by atoms with Crippen LogP contribution in [-0.4, -0.2) is 16.9 Å². The summed E-state index contributed by atoms with van der Waals surface area (Å²) < 4.78 is 60.9. The van der Waals surface area contributed by atoms with Crippen LogP contribution in [0.5, 0.6) is 0 Å². The van der Waals surface area contributed by atoms with E-state index in [9.17, 15) is 26.7 Å². The summed E-state index contributed by atoms with van der Waals surface area (Å²) in [5, 5.41) is 0.165. The molecule has 84 valence electrons. The summed E-state index contributed by atoms with van der Waals surface area (Å²) in [4.78, 5) is 13.6. The fourth-order valence-electron chi connectivity index (χ4n) is 0.725. The third kappa shape index (κ3) is 2.14. The maximum atomic E-state index is 12.6. The van der Waals surface area contributed by atoms with Gasteiger partial charge in [-0.3, -0.25) is 4.79 Å². The maximum absolute atomic E-state index is 12.6. The Labute approximate surface area is 84.7 Å². The molecule has 0 saturated carbocycles. The van der Waals surface area contributed by atoms with Crippen molar-refractivity contribution in [2.24, 2.45) is 0 Å². The predicted octanol–water partition coefficient (Wildman–Crippen LogP) is 3.00. The lowest BCUT2D eigenvalue weighted by atomic mass is 10.2. The van der Waals surface area contributed by atoms with Crippen molar-refractivity contribution in [2.75, 3.05) is 0 Å². The van der Waals surface area contributed by atoms with E-state index in [0.717, 1.165) is 6.92 Å². The third-order valence-corrected chi connectivity index (χ3v) is 2.43. The molecular formula is C7H4F5NOS. The predicted molar refractivity (Wildman–Crippen MR) is 42.1 cm³/mol. The molecule has 8 heteroatoms. The molecule has 0 aromatic carbocycles. The van der Waals surface area contributed by atoms with Crippen molar-refractivity contribution in [3.8, 4) is 0 Å². The smallest absolute Gasteiger partial charge is 0.292 e. The van der Waals surface area contributed by atoms with Crippen molar-refractivity contribution in [2.45, 2.75) is 19.0 Å². The topological polar surface area (TPSA) is 30.0 Å². The largest absolute Gasteiger partial charge is 0.459 e. The van der Waals surface area contributed by atoms with Crippen molar-refractivity contribution in [3.05, 3.63) is 16.1 Å². The minimum absolute atomic E-state index is 0.367. The standard InChI is InChI=1S/C7H4F5NOS/c1-3(14)5-13-4(2-15-5)6(8,9)7(10,11)12/h2H,1H3. The molecule has 0 atom stereocenters. The number of nitrogens with zero attached hydrogens (tertiary/aromatic N) is 1. The van der Waals surface area contributed by atoms with Crippen LogP contribution in [0.4, 0.5) is 22.0 Å². The molecule has 0 bridgehead atoms. The Morgan fingerprint density at radius 3 is 2.20 bits per heavy atom. The van der Waals surface area contributed by atoms with E-state index in [2.05, 4.69) is 4.98 Å². The normalized spacial score (nSPS) is 12.9. The summed E-state index contributed by atoms with van der Waals surface area (Å²) in [6.45, 7) is 1.04. The molecule has 0 unspecified atom stereocenters. The van der Waals surface area contributed by atoms with E-state index in [-0.39, 0.29) is 5.01 Å². The number of carbonyl (C=O) groups excluding carboxylic acids is 1. The SMILES string of the molecule is CC(=O)c1nc(C(F)(F)C(F)(F)F)cs1. The van der Waals surface area contributed by atoms with E-state index in [1.165, 1.54) is 0 Å². The van der Waals surface area contributed by atoms with E-state index in [0.29, 0.717) is 16.7 Å². The lowest BCUT2D eigenvalue weighted by Crippen LogP contribution is -2.34. The zero-order valence-electron chi connectivity index (χ0n) is 7.23. The number of thiazole rings is 1. The number of rotatable bonds is 2. The van der Waals surface area contributed by atoms with Gasteiger partial charge < -0.3 is 0 Å². The Morgan fingerprint density at radius 2 is 1.87 bits per heavy atom. The number of alkyl halides is 5. The number of Topliss-reactive ketones (excluding diaryl/α,β-unsaturated/α-hetero) is 1. The number of hydrogen-bond acceptors (Lipinski definition) is 3. The molecule has 0 N–H and O–H groups in total. The lowest BCUT2D eigenvalue weighted by Gasteiger charge is -2.16. The van der Waals surface area contributed by atoms with E-state index < -0.39 is 23.6 Å². The Bertz CT molecular complexity index is 383. The first-order valence-electron chi connectivity index (χ1n) is 3.57. The zero-order chi connectivity index (χ0) is 11.9. The fraction of sp³-hybridized carbons (Fsp3) is 0.429. The molecule has 0 fully saturated rings. The molecule has 0 spiro atoms. The molecule has 2 nitrogen and oxygen atoms in total. The van der Waals surface area contributed by atoms with Crippen LogP contribution in [0.2, 0.25) is 0 Å². The molecule has 0 aliphatic heterocycles. The fourth-order valence-corrected chi connectivity index (χ4v) is 1.47. The van der Waals surface area contributed by atoms with Crippen LogP contribution < -0.4 is 0 Å². The summed E-state index contributed by atoms with van der Waals surface area (Å²) in [6.07, 6.45) is -5.70. The van der Waals surface area contributed by atoms with Crippen LogP contribution in [0.25, 0.3) is 0 Å². The van der Waals surface area contributed by atoms with Gasteiger partial charge in [0.1, 0.15) is 5.69 Å². The van der Waals surface area contributed by atoms with Gasteiger partial charge in [-0.2, -0.15) is 22.0 Å². The molecule has 1 heterocycles. The van der Waals surface area contributed by atoms with Gasteiger partial charge in [0, 0.05) is 12.3 Å². The van der Waals surface area contributed by atoms with Crippen molar-refractivity contribution < 1.29 is 26.7 Å². The first-order chi connectivity index (χ1) is 6.66. The summed E-state index contributed by atoms with van der Waals surface area (Å²) in [7, 11) is 0. The average molecular weight is 245 g/mol. The van der Waals surface area contributed by atoms with E-state index in [1.807, 2.05) is 0 Å². The second-order valence-corrected chi connectivity index (χ2v) is 3.52. The van der Waals surface area contributed by atoms with Crippen LogP contribution in [0.15, 0.2) is 5.38 Å². The molecule has 0 aliphatic carbocycles. The van der Waals surface area contributed by atoms with Crippen molar-refractivity contribution in [1.82, 2.24) is 4.98 Å². The van der Waals surface area contributed by atoms with Gasteiger partial charge in [-0.15, -0.1) is 11.3 Å². The minimum atomic E-state index is -5.70. The molecule has 15 heavy (non-hydrogen) atoms. The van der Waals surface area contributed by atoms with Gasteiger partial charge in [-0.1, -0.05) is 0 Å². The number of halogens is 5. The van der Waals surface area contributed by atoms with Gasteiger partial charge in [-0.05, 0) is 0 Å². The van der Waals surface area contributed by atoms with Crippen LogP contribution in [-0.2, 0) is 5.92 Å². The molecule has 1 aromatic rings. The van der Waals surface area contributed by atoms with Gasteiger partial charge in [0.25, 0.3) is 0 Å². The van der Waals surface area contributed by atoms with Gasteiger partial charge >= 0.3 is 12.1 Å². The highest BCUT2D eigenvalue weighted by atomic mass is 32.1. The molecule has 1 aromatic heterocycles. The van der Waals surface area contributed by atoms with Gasteiger partial charge in [0.05, 0.1) is 0 Å². The van der Waals surface area contributed by atoms with Crippen LogP contribution in [0.1, 0.15) is 22.4 Å². The number of ketones is 1. The highest BCUT2D eigenvalue weighted by Gasteiger charge is 2.60. The number of aromatic nitrogens is 1. The summed E-state index contributed by atoms with van der Waals surface area (Å²) >= 11 is 0.460. The average Bonchev–Trinajstić information content (AvgIpc) is 2.49. The minimum Gasteiger partial charge on any atom is -0.292 e. The lowest BCUT2D eigenvalue weighted by molar-refractivity contribution is -0.290. The van der Waals surface area contributed by atoms with Crippen LogP contribution in [0, 0.1) is 0 Å². The second kappa shape index (κ2) is 3.51. The Balaban J connectivity index is 3.11. The summed E-state index contributed by atoms with van der Waals surface area (Å²) in [5.74, 6) is -5.67. The van der Waals surface area contributed by atoms with Crippen molar-refractivity contribution >= 4 is 17.1 Å². The zero-order valence-corrected chi connectivity index (χ0v) is 8.05. The third-order valence-electron chi connectivity index (χ3n) is 1.48. The molecule has 0 amide bonds.